The molecule has 42 heteroatoms. The summed E-state index contributed by atoms with van der Waals surface area (Å²) in [5.74, 6) is 2.29. The highest BCUT2D eigenvalue weighted by Crippen LogP contribution is 2.34. The van der Waals surface area contributed by atoms with Crippen LogP contribution in [0.25, 0.3) is 0 Å². The van der Waals surface area contributed by atoms with Crippen LogP contribution < -0.4 is 0 Å². The summed E-state index contributed by atoms with van der Waals surface area (Å²) in [4.78, 5) is 31.6. The molecule has 0 aromatic carbocycles. The van der Waals surface area contributed by atoms with Crippen molar-refractivity contribution >= 4 is 141 Å². The molecule has 0 aromatic rings. The molecule has 137 heavy (non-hydrogen) atoms. The predicted octanol–water partition coefficient (Wildman–Crippen LogP) is -0.335. The molecule has 30 nitrogen and oxygen atoms in total. The van der Waals surface area contributed by atoms with E-state index in [0.29, 0.717) is 76.4 Å². The van der Waals surface area contributed by atoms with Crippen molar-refractivity contribution in [2.45, 2.75) is 384 Å². The van der Waals surface area contributed by atoms with Gasteiger partial charge < -0.3 is 130 Å². The molecular formula is C95H218O30Si12. The number of esters is 3. The molecule has 0 spiro atoms. The van der Waals surface area contributed by atoms with Gasteiger partial charge in [0.1, 0.15) is 36.6 Å². The zero-order valence-electron chi connectivity index (χ0n) is 91.5. The highest BCUT2D eigenvalue weighted by molar-refractivity contribution is 6.10. The molecule has 4 aliphatic carbocycles. The van der Waals surface area contributed by atoms with E-state index in [0.717, 1.165) is 168 Å². The molecule has 7 rings (SSSR count). The number of hydrogen-bond donors (Lipinski definition) is 7. The second-order valence-corrected chi connectivity index (χ2v) is 48.6. The summed E-state index contributed by atoms with van der Waals surface area (Å²) in [5, 5.41) is 63.9. The molecule has 3 saturated heterocycles. The fourth-order valence-electron chi connectivity index (χ4n) is 15.5. The molecule has 7 fully saturated rings. The van der Waals surface area contributed by atoms with Crippen molar-refractivity contribution in [2.75, 3.05) is 182 Å². The number of carbonyl (C=O) groups is 3. The van der Waals surface area contributed by atoms with Crippen LogP contribution in [-0.2, 0) is 109 Å². The Hall–Kier alpha value is 0.0526. The van der Waals surface area contributed by atoms with Gasteiger partial charge in [-0.15, -0.1) is 0 Å². The van der Waals surface area contributed by atoms with Gasteiger partial charge in [-0.2, -0.15) is 0 Å². The van der Waals surface area contributed by atoms with E-state index in [4.69, 9.17) is 110 Å². The van der Waals surface area contributed by atoms with Crippen LogP contribution in [0.2, 0.25) is 72.5 Å². The summed E-state index contributed by atoms with van der Waals surface area (Å²) in [6, 6.07) is 15.7. The molecule has 826 valence electrons. The maximum absolute atomic E-state index is 10.8. The van der Waals surface area contributed by atoms with Crippen molar-refractivity contribution in [1.29, 1.82) is 0 Å². The highest BCUT2D eigenvalue weighted by atomic mass is 28.2. The minimum absolute atomic E-state index is 0.0391. The van der Waals surface area contributed by atoms with E-state index in [1.807, 2.05) is 0 Å². The molecular weight excluding hydrogens is 1960 g/mol. The summed E-state index contributed by atoms with van der Waals surface area (Å²) in [7, 11) is 27.0. The first-order chi connectivity index (χ1) is 66.2. The zero-order valence-corrected chi connectivity index (χ0v) is 116. The van der Waals surface area contributed by atoms with Crippen molar-refractivity contribution in [3.05, 3.63) is 0 Å². The molecule has 7 aliphatic rings. The average molecular weight is 2180 g/mol. The number of methoxy groups -OCH3 is 7. The highest BCUT2D eigenvalue weighted by Gasteiger charge is 2.34. The molecule has 0 aromatic heterocycles. The van der Waals surface area contributed by atoms with E-state index < -0.39 is 24.4 Å². The summed E-state index contributed by atoms with van der Waals surface area (Å²) in [6.07, 6.45) is 33.7. The average Bonchev–Trinajstić information content (AvgIpc) is 1.33. The maximum Gasteiger partial charge on any atom is 0.302 e. The lowest BCUT2D eigenvalue weighted by Crippen LogP contribution is -2.37. The van der Waals surface area contributed by atoms with E-state index in [2.05, 4.69) is 4.74 Å². The van der Waals surface area contributed by atoms with Gasteiger partial charge in [-0.1, -0.05) is 98.2 Å². The standard InChI is InChI=1S/2C10H20O3Si.C10H22O2Si.C9H20O2Si.C8H20O3Si.2C8H18O2Si.2C7H18O3Si.C7H16O2Si.C6H16O3Si.C5H12O2Si/c1-7(11)13-10-3-2-8(4-5-14)6-9(10)12;1-7(11)13-10-6-8(4-5-14)2-3-9(10)12;1-11-9-4-3-8(5-6-13)7-10(9)12-2;1-11-9-6-7(4-5-12)2-3-8(9)10;1-9-6-8(10-2)7-11-4-3-5-12;11-6-2-4-9-7-8-3-1-5-10-8;11-7-3-6-10-8-4-1-2-5-9-8;1-9-5-7(8)6-10-3-2-4-11;1-9-7(5-8)6-10-3-2-4-11;10-6-2-5-9-7-3-1-4-8-7;7-4-6(8)5-9-2-1-3-10;1-5(6)7-3-2-4-8/h2*8-10,12H,2-6H2,1,14H3;8-10H,3-7H2,1-2,13H3;7-10H,2-6H2,1,12H3;8H,3-7H2,1-2,12H3;2*8H,1-7H2,11H3;2*7-8H,2-6H2,1,11H3;7H,1-6H2,10H3;6-8H,1-5H2,10H3;2-4H2,1,8H3. The first kappa shape index (κ1) is 145. The fourth-order valence-corrected chi connectivity index (χ4v) is 21.0. The second-order valence-electron chi connectivity index (χ2n) is 36.6. The van der Waals surface area contributed by atoms with Gasteiger partial charge in [0.2, 0.25) is 0 Å². The Morgan fingerprint density at radius 1 is 0.328 bits per heavy atom. The van der Waals surface area contributed by atoms with Crippen molar-refractivity contribution in [1.82, 2.24) is 0 Å². The predicted molar refractivity (Wildman–Crippen MR) is 599 cm³/mol. The summed E-state index contributed by atoms with van der Waals surface area (Å²) < 4.78 is 104. The van der Waals surface area contributed by atoms with E-state index in [1.54, 1.807) is 49.8 Å². The van der Waals surface area contributed by atoms with Gasteiger partial charge in [-0.3, -0.25) is 14.4 Å². The molecule has 4 saturated carbocycles. The zero-order chi connectivity index (χ0) is 103. The van der Waals surface area contributed by atoms with E-state index in [1.165, 1.54) is 325 Å². The largest absolute Gasteiger partial charge is 0.466 e. The lowest BCUT2D eigenvalue weighted by molar-refractivity contribution is -0.162. The molecule has 0 bridgehead atoms. The Morgan fingerprint density at radius 2 is 0.701 bits per heavy atom. The van der Waals surface area contributed by atoms with Crippen LogP contribution in [0, 0.1) is 23.7 Å². The van der Waals surface area contributed by atoms with Gasteiger partial charge in [0.15, 0.2) is 12.6 Å². The van der Waals surface area contributed by atoms with Gasteiger partial charge in [-0.05, 0) is 191 Å². The normalized spacial score (nSPS) is 24.1. The number of aliphatic hydroxyl groups excluding tert-OH is 7. The van der Waals surface area contributed by atoms with Crippen LogP contribution in [-0.4, -0.2) is 450 Å². The molecule has 0 radical (unpaired) electrons. The quantitative estimate of drug-likeness (QED) is 0.0177. The smallest absolute Gasteiger partial charge is 0.302 e. The Labute approximate surface area is 869 Å². The fraction of sp³-hybridized carbons (Fsp3) is 0.968. The SMILES string of the molecule is CC(=O)OC1CC(CC[SiH3])CCC1O.CC(=O)OC1CCC(CC[SiH3])CC1O.CC(=O)OCCC[SiH3].COC(CO)COCCC[SiH3].COC1CC(CC[SiH3])CCC1O.COC1CCC(CC[SiH3])CC1OC.COCC(COCCC[SiH3])OC.COCC(O)COCCC[SiH3].OCC(O)COCCC[SiH3].[SiH3]CCCOC1CCCCO1.[SiH3]CCCOC1CCCO1.[SiH3]CCCOCC1CCCO1. The van der Waals surface area contributed by atoms with Crippen molar-refractivity contribution in [3.8, 4) is 0 Å². The first-order valence-corrected chi connectivity index (χ1v) is 70.9. The maximum atomic E-state index is 10.8. The van der Waals surface area contributed by atoms with Crippen LogP contribution in [0.1, 0.15) is 220 Å². The number of hydrogen-bond acceptors (Lipinski definition) is 30. The van der Waals surface area contributed by atoms with Crippen LogP contribution in [0.5, 0.6) is 0 Å². The van der Waals surface area contributed by atoms with Gasteiger partial charge in [0.25, 0.3) is 0 Å². The lowest BCUT2D eigenvalue weighted by Gasteiger charge is -2.34. The second kappa shape index (κ2) is 112. The molecule has 7 N–H and O–H groups in total. The summed E-state index contributed by atoms with van der Waals surface area (Å²) in [6.45, 7) is 16.9. The van der Waals surface area contributed by atoms with Gasteiger partial charge in [0, 0.05) is 266 Å². The van der Waals surface area contributed by atoms with E-state index in [9.17, 15) is 29.7 Å². The Balaban J connectivity index is -0.000000464. The molecule has 19 atom stereocenters. The van der Waals surface area contributed by atoms with Crippen LogP contribution in [0.4, 0.5) is 0 Å². The first-order valence-electron chi connectivity index (χ1n) is 53.9. The molecule has 0 amide bonds. The van der Waals surface area contributed by atoms with Crippen molar-refractivity contribution in [3.63, 3.8) is 0 Å². The van der Waals surface area contributed by atoms with Crippen molar-refractivity contribution in [2.24, 2.45) is 23.7 Å². The molecule has 3 aliphatic heterocycles. The van der Waals surface area contributed by atoms with Crippen molar-refractivity contribution < 1.29 is 145 Å². The Kier molecular flexibility index (Phi) is 119. The monoisotopic (exact) mass is 2180 g/mol. The Morgan fingerprint density at radius 3 is 1.08 bits per heavy atom. The van der Waals surface area contributed by atoms with Crippen LogP contribution >= 0.6 is 0 Å². The van der Waals surface area contributed by atoms with Gasteiger partial charge >= 0.3 is 17.9 Å². The number of aliphatic hydroxyl groups is 7. The molecule has 3 heterocycles. The van der Waals surface area contributed by atoms with E-state index >= 15 is 0 Å². The molecule has 19 unspecified atom stereocenters. The minimum Gasteiger partial charge on any atom is -0.466 e. The summed E-state index contributed by atoms with van der Waals surface area (Å²) in [5.41, 5.74) is 0. The van der Waals surface area contributed by atoms with E-state index in [-0.39, 0.29) is 86.9 Å². The van der Waals surface area contributed by atoms with Gasteiger partial charge in [0.05, 0.1) is 109 Å². The minimum atomic E-state index is -0.700. The van der Waals surface area contributed by atoms with Gasteiger partial charge in [-0.25, -0.2) is 0 Å². The lowest BCUT2D eigenvalue weighted by atomic mass is 9.83. The number of carbonyl (C=O) groups excluding carboxylic acids is 3. The van der Waals surface area contributed by atoms with Crippen LogP contribution in [0.3, 0.4) is 0 Å². The number of ether oxygens (including phenoxy) is 20. The third-order valence-electron chi connectivity index (χ3n) is 23.8. The third kappa shape index (κ3) is 96.6. The van der Waals surface area contributed by atoms with Crippen LogP contribution in [0.15, 0.2) is 0 Å². The third-order valence-corrected chi connectivity index (χ3v) is 31.7. The number of rotatable bonds is 57. The topological polar surface area (TPSA) is 377 Å². The summed E-state index contributed by atoms with van der Waals surface area (Å²) >= 11 is 0. The Bertz CT molecular complexity index is 2420.